The Hall–Kier alpha value is -0.440. The van der Waals surface area contributed by atoms with Crippen LogP contribution in [0.1, 0.15) is 0 Å². The highest BCUT2D eigenvalue weighted by Gasteiger charge is 2.49. The second kappa shape index (κ2) is 7.63. The molecule has 8 N–H and O–H groups in total. The molecule has 0 bridgehead atoms. The first-order valence-corrected chi connectivity index (χ1v) is 7.06. The van der Waals surface area contributed by atoms with Gasteiger partial charge in [0.05, 0.1) is 13.2 Å². The van der Waals surface area contributed by atoms with E-state index in [2.05, 4.69) is 5.11 Å². The average molecular weight is 344 g/mol. The van der Waals surface area contributed by atoms with Crippen molar-refractivity contribution in [1.29, 1.82) is 1.43 Å². The molecule has 11 nitrogen and oxygen atoms in total. The molecule has 2 fully saturated rings. The van der Waals surface area contributed by atoms with Crippen molar-refractivity contribution >= 4 is 0 Å². The maximum Gasteiger partial charge on any atom is 0.211 e. The summed E-state index contributed by atoms with van der Waals surface area (Å²) >= 11 is 0. The standard InChI is InChI=1S/C12H22O11/c13-1-3-5(15)7(17)9(19)11(21-3)23-12-10(20)8(18)6(16)4(2-14)22-12/h3-20H,1-2H2/t3-,4-,5-,6-,7+,8+,9-,10-,11-,12-/m1/s1/i17T. The fourth-order valence-corrected chi connectivity index (χ4v) is 2.48. The van der Waals surface area contributed by atoms with Crippen LogP contribution < -0.4 is 0 Å². The quantitative estimate of drug-likeness (QED) is 0.237. The fraction of sp³-hybridized carbons (Fsp3) is 1.00. The Labute approximate surface area is 132 Å². The van der Waals surface area contributed by atoms with Gasteiger partial charge in [-0.15, -0.1) is 0 Å². The van der Waals surface area contributed by atoms with Gasteiger partial charge in [0.1, 0.15) is 48.8 Å². The minimum absolute atomic E-state index is 0.664. The maximum absolute atomic E-state index is 10.0. The molecule has 0 amide bonds. The van der Waals surface area contributed by atoms with Crippen LogP contribution in [0.4, 0.5) is 0 Å². The smallest absolute Gasteiger partial charge is 0.211 e. The summed E-state index contributed by atoms with van der Waals surface area (Å²) in [5.74, 6) is 0. The Balaban J connectivity index is 2.10. The Kier molecular flexibility index (Phi) is 5.77. The van der Waals surface area contributed by atoms with Crippen molar-refractivity contribution < 1.29 is 55.1 Å². The Bertz CT molecular complexity index is 399. The highest BCUT2D eigenvalue weighted by Crippen LogP contribution is 2.27. The van der Waals surface area contributed by atoms with E-state index in [4.69, 9.17) is 25.9 Å². The molecule has 23 heavy (non-hydrogen) atoms. The van der Waals surface area contributed by atoms with Crippen molar-refractivity contribution in [3.8, 4) is 0 Å². The third kappa shape index (κ3) is 3.65. The van der Waals surface area contributed by atoms with E-state index in [-0.39, 0.29) is 0 Å². The molecular formula is C12H22O11. The average Bonchev–Trinajstić information content (AvgIpc) is 2.58. The zero-order chi connectivity index (χ0) is 18.0. The molecule has 136 valence electrons. The minimum Gasteiger partial charge on any atom is -0.394 e. The highest BCUT2D eigenvalue weighted by molar-refractivity contribution is 4.92. The van der Waals surface area contributed by atoms with Crippen LogP contribution in [0.15, 0.2) is 0 Å². The molecule has 11 heteroatoms. The first kappa shape index (κ1) is 17.4. The number of aliphatic hydroxyl groups excluding tert-OH is 8. The summed E-state index contributed by atoms with van der Waals surface area (Å²) in [5, 5.41) is 71.6. The van der Waals surface area contributed by atoms with Gasteiger partial charge in [-0.2, -0.15) is 0 Å². The second-order valence-electron chi connectivity index (χ2n) is 5.50. The van der Waals surface area contributed by atoms with Gasteiger partial charge in [0.25, 0.3) is 0 Å². The molecule has 2 heterocycles. The first-order chi connectivity index (χ1) is 11.3. The van der Waals surface area contributed by atoms with Crippen molar-refractivity contribution in [1.82, 2.24) is 0 Å². The van der Waals surface area contributed by atoms with Gasteiger partial charge in [0, 0.05) is 0 Å². The summed E-state index contributed by atoms with van der Waals surface area (Å²) in [4.78, 5) is 0. The molecule has 10 atom stereocenters. The van der Waals surface area contributed by atoms with Crippen LogP contribution in [0.25, 0.3) is 0 Å². The molecule has 0 saturated carbocycles. The maximum atomic E-state index is 10.0. The lowest BCUT2D eigenvalue weighted by molar-refractivity contribution is -0.376. The van der Waals surface area contributed by atoms with Crippen LogP contribution in [0.3, 0.4) is 0 Å². The fourth-order valence-electron chi connectivity index (χ4n) is 2.48. The predicted molar refractivity (Wildman–Crippen MR) is 68.6 cm³/mol. The van der Waals surface area contributed by atoms with Crippen LogP contribution in [0.5, 0.6) is 0 Å². The van der Waals surface area contributed by atoms with E-state index in [0.717, 1.165) is 0 Å². The summed E-state index contributed by atoms with van der Waals surface area (Å²) in [6.45, 7) is -1.34. The number of ether oxygens (including phenoxy) is 3. The van der Waals surface area contributed by atoms with Gasteiger partial charge < -0.3 is 55.1 Å². The van der Waals surface area contributed by atoms with E-state index in [1.54, 1.807) is 0 Å². The summed E-state index contributed by atoms with van der Waals surface area (Å²) in [7, 11) is 0. The molecule has 2 aliphatic rings. The van der Waals surface area contributed by atoms with E-state index >= 15 is 0 Å². The Morgan fingerprint density at radius 2 is 1.13 bits per heavy atom. The zero-order valence-corrected chi connectivity index (χ0v) is 12.0. The zero-order valence-electron chi connectivity index (χ0n) is 13.0. The molecular weight excluding hydrogens is 320 g/mol. The summed E-state index contributed by atoms with van der Waals surface area (Å²) in [5.41, 5.74) is 0. The van der Waals surface area contributed by atoms with E-state index in [0.29, 0.717) is 0 Å². The lowest BCUT2D eigenvalue weighted by atomic mass is 9.98. The van der Waals surface area contributed by atoms with E-state index < -0.39 is 74.6 Å². The molecule has 0 radical (unpaired) electrons. The monoisotopic (exact) mass is 344 g/mol. The van der Waals surface area contributed by atoms with Gasteiger partial charge in [0.2, 0.25) is 1.43 Å². The van der Waals surface area contributed by atoms with Gasteiger partial charge in [0.15, 0.2) is 12.6 Å². The molecule has 0 spiro atoms. The number of rotatable bonds is 5. The Morgan fingerprint density at radius 3 is 1.57 bits per heavy atom. The van der Waals surface area contributed by atoms with Gasteiger partial charge in [-0.1, -0.05) is 0 Å². The lowest BCUT2D eigenvalue weighted by Crippen LogP contribution is -2.63. The van der Waals surface area contributed by atoms with Crippen LogP contribution in [0, 0.1) is 0 Å². The Morgan fingerprint density at radius 1 is 0.696 bits per heavy atom. The van der Waals surface area contributed by atoms with Crippen LogP contribution in [-0.4, -0.2) is 117 Å². The number of hydrogen-bond acceptors (Lipinski definition) is 11. The van der Waals surface area contributed by atoms with Crippen LogP contribution in [-0.2, 0) is 14.2 Å². The van der Waals surface area contributed by atoms with E-state index in [1.807, 2.05) is 0 Å². The second-order valence-corrected chi connectivity index (χ2v) is 5.50. The summed E-state index contributed by atoms with van der Waals surface area (Å²) in [6, 6.07) is 0. The van der Waals surface area contributed by atoms with Crippen LogP contribution in [0.2, 0.25) is 0 Å². The molecule has 0 aromatic carbocycles. The minimum atomic E-state index is -1.73. The molecule has 0 aromatic heterocycles. The van der Waals surface area contributed by atoms with E-state index in [9.17, 15) is 25.5 Å². The third-order valence-electron chi connectivity index (χ3n) is 3.94. The highest BCUT2D eigenvalue weighted by atomic mass is 16.8. The molecule has 2 aliphatic heterocycles. The molecule has 0 aromatic rings. The summed E-state index contributed by atoms with van der Waals surface area (Å²) in [6.07, 6.45) is -15.3. The normalized spacial score (nSPS) is 52.2. The summed E-state index contributed by atoms with van der Waals surface area (Å²) < 4.78 is 22.4. The lowest BCUT2D eigenvalue weighted by Gasteiger charge is -2.44. The number of aliphatic hydroxyl groups is 8. The topological polar surface area (TPSA) is 190 Å². The molecule has 2 saturated heterocycles. The van der Waals surface area contributed by atoms with Crippen molar-refractivity contribution in [2.45, 2.75) is 61.4 Å². The SMILES string of the molecule is [3H]O[C@@H]1[C@@H](O)[C@@H](O[C@H]2O[C@H](CO)[C@@H](O)[C@H](O)[C@H]2O)O[C@H](CO)[C@H]1O. The van der Waals surface area contributed by atoms with Gasteiger partial charge >= 0.3 is 0 Å². The third-order valence-corrected chi connectivity index (χ3v) is 3.94. The van der Waals surface area contributed by atoms with Crippen LogP contribution >= 0.6 is 0 Å². The van der Waals surface area contributed by atoms with Crippen molar-refractivity contribution in [2.24, 2.45) is 0 Å². The molecule has 0 aliphatic carbocycles. The van der Waals surface area contributed by atoms with Crippen molar-refractivity contribution in [2.75, 3.05) is 13.2 Å². The largest absolute Gasteiger partial charge is 0.394 e. The molecule has 2 rings (SSSR count). The first-order valence-electron chi connectivity index (χ1n) is 7.46. The molecule has 0 unspecified atom stereocenters. The van der Waals surface area contributed by atoms with E-state index in [1.165, 1.54) is 0 Å². The van der Waals surface area contributed by atoms with Crippen molar-refractivity contribution in [3.63, 3.8) is 0 Å². The van der Waals surface area contributed by atoms with Gasteiger partial charge in [-0.05, 0) is 0 Å². The van der Waals surface area contributed by atoms with Crippen molar-refractivity contribution in [3.05, 3.63) is 0 Å². The predicted octanol–water partition coefficient (Wildman–Crippen LogP) is -5.40. The number of hydrogen-bond donors (Lipinski definition) is 8. The van der Waals surface area contributed by atoms with Gasteiger partial charge in [-0.3, -0.25) is 0 Å². The van der Waals surface area contributed by atoms with Gasteiger partial charge in [-0.25, -0.2) is 0 Å².